The van der Waals surface area contributed by atoms with Gasteiger partial charge in [-0.2, -0.15) is 5.10 Å². The van der Waals surface area contributed by atoms with E-state index in [-0.39, 0.29) is 11.9 Å². The summed E-state index contributed by atoms with van der Waals surface area (Å²) in [5.74, 6) is -0.0524. The number of nitrogens with zero attached hydrogens (tertiary/aromatic N) is 5. The third-order valence-electron chi connectivity index (χ3n) is 5.67. The van der Waals surface area contributed by atoms with Gasteiger partial charge in [0.2, 0.25) is 0 Å². The quantitative estimate of drug-likeness (QED) is 0.443. The second-order valence-electron chi connectivity index (χ2n) is 7.43. The highest BCUT2D eigenvalue weighted by molar-refractivity contribution is 9.10. The van der Waals surface area contributed by atoms with Crippen molar-refractivity contribution in [1.29, 1.82) is 0 Å². The van der Waals surface area contributed by atoms with Gasteiger partial charge in [-0.15, -0.1) is 0 Å². The van der Waals surface area contributed by atoms with Gasteiger partial charge in [-0.1, -0.05) is 19.1 Å². The summed E-state index contributed by atoms with van der Waals surface area (Å²) in [6, 6.07) is 12.4. The van der Waals surface area contributed by atoms with Crippen LogP contribution >= 0.6 is 15.9 Å². The van der Waals surface area contributed by atoms with Gasteiger partial charge < -0.3 is 4.90 Å². The Morgan fingerprint density at radius 2 is 2.00 bits per heavy atom. The number of hydrogen-bond acceptors (Lipinski definition) is 4. The van der Waals surface area contributed by atoms with Crippen molar-refractivity contribution in [3.63, 3.8) is 0 Å². The lowest BCUT2D eigenvalue weighted by Crippen LogP contribution is -2.40. The molecular formula is C23H20BrN5O. The average molecular weight is 462 g/mol. The Balaban J connectivity index is 1.51. The first-order valence-corrected chi connectivity index (χ1v) is 10.8. The van der Waals surface area contributed by atoms with Crippen LogP contribution in [-0.2, 0) is 6.42 Å². The first-order valence-electron chi connectivity index (χ1n) is 9.99. The molecule has 4 heterocycles. The van der Waals surface area contributed by atoms with Gasteiger partial charge in [0.05, 0.1) is 10.5 Å². The lowest BCUT2D eigenvalue weighted by atomic mass is 9.88. The van der Waals surface area contributed by atoms with E-state index in [0.29, 0.717) is 17.9 Å². The van der Waals surface area contributed by atoms with Gasteiger partial charge in [-0.05, 0) is 69.2 Å². The summed E-state index contributed by atoms with van der Waals surface area (Å²) in [5, 5.41) is 4.46. The fraction of sp³-hybridized carbons (Fsp3) is 0.217. The summed E-state index contributed by atoms with van der Waals surface area (Å²) < 4.78 is 2.46. The van der Waals surface area contributed by atoms with E-state index in [4.69, 9.17) is 0 Å². The Bertz CT molecular complexity index is 1240. The highest BCUT2D eigenvalue weighted by atomic mass is 79.9. The molecule has 0 fully saturated rings. The van der Waals surface area contributed by atoms with E-state index in [2.05, 4.69) is 56.1 Å². The predicted octanol–water partition coefficient (Wildman–Crippen LogP) is 4.70. The molecule has 1 aliphatic heterocycles. The van der Waals surface area contributed by atoms with Gasteiger partial charge in [0, 0.05) is 37.4 Å². The van der Waals surface area contributed by atoms with E-state index in [1.54, 1.807) is 29.2 Å². The van der Waals surface area contributed by atoms with Crippen LogP contribution < -0.4 is 0 Å². The van der Waals surface area contributed by atoms with Crippen molar-refractivity contribution in [2.75, 3.05) is 6.54 Å². The molecule has 0 aliphatic carbocycles. The number of fused-ring (bicyclic) bond motifs is 2. The molecule has 0 saturated carbocycles. The zero-order chi connectivity index (χ0) is 20.7. The standard InChI is InChI=1S/C23H20BrN5O/c1-2-21-19-11-17(15-5-8-25-9-6-15)4-3-16(19)7-10-28(21)23(30)20-12-22-26-13-18(24)14-29(22)27-20/h3-6,8-9,11-14,21H,2,7,10H2,1H3. The Morgan fingerprint density at radius 3 is 2.80 bits per heavy atom. The summed E-state index contributed by atoms with van der Waals surface area (Å²) in [5.41, 5.74) is 5.88. The van der Waals surface area contributed by atoms with Crippen molar-refractivity contribution < 1.29 is 4.79 Å². The molecule has 6 nitrogen and oxygen atoms in total. The van der Waals surface area contributed by atoms with Gasteiger partial charge in [0.25, 0.3) is 5.91 Å². The molecule has 1 aromatic carbocycles. The second-order valence-corrected chi connectivity index (χ2v) is 8.34. The van der Waals surface area contributed by atoms with Crippen molar-refractivity contribution in [2.24, 2.45) is 0 Å². The number of pyridine rings is 1. The zero-order valence-electron chi connectivity index (χ0n) is 16.5. The van der Waals surface area contributed by atoms with Crippen LogP contribution in [0.4, 0.5) is 0 Å². The molecule has 5 rings (SSSR count). The number of amides is 1. The van der Waals surface area contributed by atoms with E-state index in [0.717, 1.165) is 28.4 Å². The number of hydrogen-bond donors (Lipinski definition) is 0. The fourth-order valence-corrected chi connectivity index (χ4v) is 4.51. The zero-order valence-corrected chi connectivity index (χ0v) is 18.1. The van der Waals surface area contributed by atoms with Gasteiger partial charge in [-0.3, -0.25) is 9.78 Å². The third-order valence-corrected chi connectivity index (χ3v) is 6.07. The van der Waals surface area contributed by atoms with Crippen LogP contribution in [0.1, 0.15) is 41.0 Å². The van der Waals surface area contributed by atoms with Crippen LogP contribution in [0.5, 0.6) is 0 Å². The normalized spacial score (nSPS) is 15.9. The molecule has 0 spiro atoms. The van der Waals surface area contributed by atoms with Crippen LogP contribution in [0.25, 0.3) is 16.8 Å². The van der Waals surface area contributed by atoms with E-state index >= 15 is 0 Å². The molecule has 0 bridgehead atoms. The van der Waals surface area contributed by atoms with Crippen LogP contribution in [0.3, 0.4) is 0 Å². The topological polar surface area (TPSA) is 63.4 Å². The predicted molar refractivity (Wildman–Crippen MR) is 118 cm³/mol. The largest absolute Gasteiger partial charge is 0.330 e. The van der Waals surface area contributed by atoms with Gasteiger partial charge in [0.1, 0.15) is 0 Å². The van der Waals surface area contributed by atoms with E-state index < -0.39 is 0 Å². The van der Waals surface area contributed by atoms with Crippen molar-refractivity contribution in [3.05, 3.63) is 82.5 Å². The molecule has 4 aromatic rings. The summed E-state index contributed by atoms with van der Waals surface area (Å²) in [7, 11) is 0. The summed E-state index contributed by atoms with van der Waals surface area (Å²) in [6.45, 7) is 2.81. The monoisotopic (exact) mass is 461 g/mol. The summed E-state index contributed by atoms with van der Waals surface area (Å²) in [6.07, 6.45) is 8.80. The first kappa shape index (κ1) is 18.9. The number of aromatic nitrogens is 4. The molecule has 7 heteroatoms. The van der Waals surface area contributed by atoms with Gasteiger partial charge in [0.15, 0.2) is 11.3 Å². The molecule has 1 aliphatic rings. The lowest BCUT2D eigenvalue weighted by molar-refractivity contribution is 0.0649. The maximum Gasteiger partial charge on any atom is 0.274 e. The Labute approximate surface area is 182 Å². The number of carbonyl (C=O) groups is 1. The molecule has 1 atom stereocenters. The van der Waals surface area contributed by atoms with Gasteiger partial charge >= 0.3 is 0 Å². The highest BCUT2D eigenvalue weighted by Crippen LogP contribution is 2.35. The third kappa shape index (κ3) is 3.29. The van der Waals surface area contributed by atoms with Crippen molar-refractivity contribution >= 4 is 27.5 Å². The Morgan fingerprint density at radius 1 is 1.17 bits per heavy atom. The van der Waals surface area contributed by atoms with Gasteiger partial charge in [-0.25, -0.2) is 9.50 Å². The maximum absolute atomic E-state index is 13.4. The Hall–Kier alpha value is -3.06. The molecule has 3 aromatic heterocycles. The number of benzene rings is 1. The van der Waals surface area contributed by atoms with Crippen LogP contribution in [0.2, 0.25) is 0 Å². The maximum atomic E-state index is 13.4. The molecule has 1 amide bonds. The van der Waals surface area contributed by atoms with Crippen LogP contribution in [-0.4, -0.2) is 36.9 Å². The molecule has 30 heavy (non-hydrogen) atoms. The van der Waals surface area contributed by atoms with Crippen molar-refractivity contribution in [3.8, 4) is 11.1 Å². The molecule has 0 radical (unpaired) electrons. The SMILES string of the molecule is CCC1c2cc(-c3ccncc3)ccc2CCN1C(=O)c1cc2ncc(Br)cn2n1. The average Bonchev–Trinajstić information content (AvgIpc) is 3.21. The molecular weight excluding hydrogens is 442 g/mol. The van der Waals surface area contributed by atoms with Crippen LogP contribution in [0, 0.1) is 0 Å². The minimum absolute atomic E-state index is 0.0209. The minimum atomic E-state index is -0.0524. The van der Waals surface area contributed by atoms with E-state index in [9.17, 15) is 4.79 Å². The lowest BCUT2D eigenvalue weighted by Gasteiger charge is -2.37. The van der Waals surface area contributed by atoms with Crippen molar-refractivity contribution in [2.45, 2.75) is 25.8 Å². The minimum Gasteiger partial charge on any atom is -0.330 e. The molecule has 150 valence electrons. The first-order chi connectivity index (χ1) is 14.6. The van der Waals surface area contributed by atoms with Crippen molar-refractivity contribution in [1.82, 2.24) is 24.5 Å². The summed E-state index contributed by atoms with van der Waals surface area (Å²) >= 11 is 3.40. The molecule has 1 unspecified atom stereocenters. The van der Waals surface area contributed by atoms with E-state index in [1.807, 2.05) is 23.2 Å². The fourth-order valence-electron chi connectivity index (χ4n) is 4.21. The number of carbonyl (C=O) groups excluding carboxylic acids is 1. The smallest absolute Gasteiger partial charge is 0.274 e. The summed E-state index contributed by atoms with van der Waals surface area (Å²) in [4.78, 5) is 23.8. The number of rotatable bonds is 3. The Kier molecular flexibility index (Phi) is 4.83. The second kappa shape index (κ2) is 7.65. The van der Waals surface area contributed by atoms with E-state index in [1.165, 1.54) is 11.1 Å². The molecule has 0 saturated heterocycles. The van der Waals surface area contributed by atoms with Crippen LogP contribution in [0.15, 0.2) is 65.7 Å². The highest BCUT2D eigenvalue weighted by Gasteiger charge is 2.31. The molecule has 0 N–H and O–H groups in total. The number of halogens is 1.